The van der Waals surface area contributed by atoms with Crippen LogP contribution in [0.25, 0.3) is 0 Å². The van der Waals surface area contributed by atoms with Gasteiger partial charge in [-0.3, -0.25) is 4.79 Å². The number of carbonyl (C=O) groups excluding carboxylic acids is 1. The minimum Gasteiger partial charge on any atom is -0.487 e. The highest BCUT2D eigenvalue weighted by Gasteiger charge is 2.61. The Morgan fingerprint density at radius 3 is 2.54 bits per heavy atom. The number of aliphatic hydroxyl groups is 1. The van der Waals surface area contributed by atoms with Crippen molar-refractivity contribution in [1.29, 1.82) is 0 Å². The largest absolute Gasteiger partial charge is 0.487 e. The summed E-state index contributed by atoms with van der Waals surface area (Å²) in [6.45, 7) is -0.271. The van der Waals surface area contributed by atoms with Crippen LogP contribution >= 0.6 is 23.4 Å². The number of rotatable bonds is 2. The van der Waals surface area contributed by atoms with Gasteiger partial charge in [-0.05, 0) is 42.8 Å². The molecule has 2 aromatic carbocycles. The van der Waals surface area contributed by atoms with Crippen LogP contribution < -0.4 is 4.74 Å². The highest BCUT2D eigenvalue weighted by Crippen LogP contribution is 2.60. The van der Waals surface area contributed by atoms with Gasteiger partial charge in [-0.25, -0.2) is 8.78 Å². The van der Waals surface area contributed by atoms with Crippen LogP contribution in [0, 0.1) is 11.6 Å². The van der Waals surface area contributed by atoms with E-state index >= 15 is 0 Å². The third-order valence-corrected chi connectivity index (χ3v) is 6.92. The first-order valence-corrected chi connectivity index (χ1v) is 9.34. The predicted octanol–water partition coefficient (Wildman–Crippen LogP) is 4.48. The van der Waals surface area contributed by atoms with E-state index in [1.807, 2.05) is 0 Å². The second-order valence-corrected chi connectivity index (χ2v) is 8.46. The molecule has 1 aliphatic heterocycles. The van der Waals surface area contributed by atoms with E-state index in [0.717, 1.165) is 17.0 Å². The van der Waals surface area contributed by atoms with Crippen molar-refractivity contribution in [2.75, 3.05) is 6.61 Å². The molecule has 1 fully saturated rings. The lowest BCUT2D eigenvalue weighted by atomic mass is 9.69. The van der Waals surface area contributed by atoms with Crippen molar-refractivity contribution >= 4 is 29.1 Å². The van der Waals surface area contributed by atoms with Gasteiger partial charge in [-0.1, -0.05) is 11.6 Å². The average Bonchev–Trinajstić information content (AvgIpc) is 2.60. The van der Waals surface area contributed by atoms with E-state index in [2.05, 4.69) is 0 Å². The molecular weight excluding hydrogens is 382 g/mol. The van der Waals surface area contributed by atoms with Gasteiger partial charge < -0.3 is 9.84 Å². The molecule has 1 saturated carbocycles. The zero-order valence-corrected chi connectivity index (χ0v) is 15.2. The lowest BCUT2D eigenvalue weighted by Crippen LogP contribution is -2.60. The van der Waals surface area contributed by atoms with Gasteiger partial charge in [0.05, 0.1) is 10.3 Å². The number of hydrogen-bond donors (Lipinski definition) is 1. The first kappa shape index (κ1) is 17.8. The molecule has 0 spiro atoms. The number of ether oxygens (including phenoxy) is 1. The summed E-state index contributed by atoms with van der Waals surface area (Å²) in [7, 11) is 0. The fourth-order valence-electron chi connectivity index (χ4n) is 3.77. The van der Waals surface area contributed by atoms with Crippen LogP contribution in [0.5, 0.6) is 5.75 Å². The van der Waals surface area contributed by atoms with Gasteiger partial charge >= 0.3 is 0 Å². The molecule has 1 aliphatic carbocycles. The summed E-state index contributed by atoms with van der Waals surface area (Å²) in [5.74, 6) is -1.65. The Hall–Kier alpha value is -1.63. The molecule has 7 heteroatoms. The third-order valence-electron chi connectivity index (χ3n) is 5.02. The standard InChI is InChI=1S/C19H15ClF2O3S/c20-11-1-3-13(4-2-11)26-19-8-7-12(23)9-18(19,24)10-25-17-15(22)6-5-14(21)16(17)19/h1-6,24H,7-10H2/t18-,19+/m0/s1. The topological polar surface area (TPSA) is 46.5 Å². The van der Waals surface area contributed by atoms with Crippen LogP contribution in [0.3, 0.4) is 0 Å². The summed E-state index contributed by atoms with van der Waals surface area (Å²) in [5, 5.41) is 11.9. The van der Waals surface area contributed by atoms with Crippen LogP contribution in [-0.2, 0) is 9.54 Å². The van der Waals surface area contributed by atoms with Crippen molar-refractivity contribution in [1.82, 2.24) is 0 Å². The summed E-state index contributed by atoms with van der Waals surface area (Å²) in [5.41, 5.74) is -1.65. The molecule has 136 valence electrons. The molecule has 1 N–H and O–H groups in total. The Kier molecular flexibility index (Phi) is 4.25. The molecule has 4 rings (SSSR count). The average molecular weight is 397 g/mol. The maximum absolute atomic E-state index is 14.8. The van der Waals surface area contributed by atoms with Gasteiger partial charge in [0.2, 0.25) is 0 Å². The zero-order valence-electron chi connectivity index (χ0n) is 13.6. The molecule has 2 atom stereocenters. The van der Waals surface area contributed by atoms with E-state index in [-0.39, 0.29) is 43.0 Å². The third kappa shape index (κ3) is 2.63. The summed E-state index contributed by atoms with van der Waals surface area (Å²) in [6, 6.07) is 8.93. The van der Waals surface area contributed by atoms with Crippen molar-refractivity contribution in [3.05, 3.63) is 58.6 Å². The summed E-state index contributed by atoms with van der Waals surface area (Å²) in [4.78, 5) is 12.8. The van der Waals surface area contributed by atoms with Crippen LogP contribution in [-0.4, -0.2) is 23.1 Å². The smallest absolute Gasteiger partial charge is 0.165 e. The lowest BCUT2D eigenvalue weighted by molar-refractivity contribution is -0.136. The van der Waals surface area contributed by atoms with Crippen LogP contribution in [0.4, 0.5) is 8.78 Å². The highest BCUT2D eigenvalue weighted by molar-refractivity contribution is 8.00. The monoisotopic (exact) mass is 396 g/mol. The Bertz CT molecular complexity index is 889. The number of fused-ring (bicyclic) bond motifs is 3. The number of ketones is 1. The highest BCUT2D eigenvalue weighted by atomic mass is 35.5. The van der Waals surface area contributed by atoms with E-state index in [4.69, 9.17) is 16.3 Å². The molecule has 26 heavy (non-hydrogen) atoms. The number of hydrogen-bond acceptors (Lipinski definition) is 4. The molecule has 1 heterocycles. The second-order valence-electron chi connectivity index (χ2n) is 6.65. The Labute approximate surface area is 158 Å². The van der Waals surface area contributed by atoms with Crippen molar-refractivity contribution in [2.24, 2.45) is 0 Å². The molecule has 2 aliphatic rings. The molecule has 0 unspecified atom stereocenters. The fraction of sp³-hybridized carbons (Fsp3) is 0.316. The number of carbonyl (C=O) groups is 1. The Balaban J connectivity index is 1.92. The van der Waals surface area contributed by atoms with Crippen LogP contribution in [0.15, 0.2) is 41.3 Å². The zero-order chi connectivity index (χ0) is 18.5. The minimum absolute atomic E-state index is 0.0151. The van der Waals surface area contributed by atoms with Crippen molar-refractivity contribution in [3.63, 3.8) is 0 Å². The van der Waals surface area contributed by atoms with E-state index in [9.17, 15) is 18.7 Å². The van der Waals surface area contributed by atoms with E-state index in [0.29, 0.717) is 5.02 Å². The SMILES string of the molecule is O=C1CC[C@@]2(Sc3ccc(Cl)cc3)c3c(F)ccc(F)c3OC[C@@]2(O)C1. The summed E-state index contributed by atoms with van der Waals surface area (Å²) in [6.07, 6.45) is 0.202. The minimum atomic E-state index is -1.63. The number of benzene rings is 2. The second kappa shape index (κ2) is 6.22. The van der Waals surface area contributed by atoms with Crippen LogP contribution in [0.1, 0.15) is 24.8 Å². The number of thioether (sulfide) groups is 1. The van der Waals surface area contributed by atoms with Gasteiger partial charge in [0.1, 0.15) is 23.8 Å². The Morgan fingerprint density at radius 1 is 1.12 bits per heavy atom. The molecule has 0 saturated heterocycles. The molecule has 0 radical (unpaired) electrons. The molecule has 0 aromatic heterocycles. The van der Waals surface area contributed by atoms with Gasteiger partial charge in [0.25, 0.3) is 0 Å². The van der Waals surface area contributed by atoms with Gasteiger partial charge in [-0.2, -0.15) is 0 Å². The predicted molar refractivity (Wildman–Crippen MR) is 94.6 cm³/mol. The first-order chi connectivity index (χ1) is 12.3. The summed E-state index contributed by atoms with van der Waals surface area (Å²) < 4.78 is 33.3. The first-order valence-electron chi connectivity index (χ1n) is 8.15. The molecule has 0 amide bonds. The van der Waals surface area contributed by atoms with E-state index in [1.54, 1.807) is 24.3 Å². The quantitative estimate of drug-likeness (QED) is 0.812. The van der Waals surface area contributed by atoms with Crippen molar-refractivity contribution in [2.45, 2.75) is 34.5 Å². The van der Waals surface area contributed by atoms with Crippen molar-refractivity contribution < 1.29 is 23.4 Å². The Morgan fingerprint density at radius 2 is 1.81 bits per heavy atom. The van der Waals surface area contributed by atoms with Gasteiger partial charge in [0, 0.05) is 22.8 Å². The number of Topliss-reactive ketones (excluding diaryl/α,β-unsaturated/α-hetero) is 1. The maximum Gasteiger partial charge on any atom is 0.165 e. The fourth-order valence-corrected chi connectivity index (χ4v) is 5.39. The normalized spacial score (nSPS) is 27.5. The molecule has 0 bridgehead atoms. The van der Waals surface area contributed by atoms with Crippen LogP contribution in [0.2, 0.25) is 5.02 Å². The van der Waals surface area contributed by atoms with E-state index < -0.39 is 22.0 Å². The summed E-state index contributed by atoms with van der Waals surface area (Å²) >= 11 is 7.15. The number of halogens is 3. The van der Waals surface area contributed by atoms with Crippen molar-refractivity contribution in [3.8, 4) is 5.75 Å². The lowest BCUT2D eigenvalue weighted by Gasteiger charge is -2.52. The van der Waals surface area contributed by atoms with E-state index in [1.165, 1.54) is 11.8 Å². The van der Waals surface area contributed by atoms with Gasteiger partial charge in [-0.15, -0.1) is 11.8 Å². The molecular formula is C19H15ClF2O3S. The maximum atomic E-state index is 14.8. The molecule has 3 nitrogen and oxygen atoms in total. The van der Waals surface area contributed by atoms with Gasteiger partial charge in [0.15, 0.2) is 11.6 Å². The molecule has 2 aromatic rings.